The smallest absolute Gasteiger partial charge is 0.229 e. The van der Waals surface area contributed by atoms with Crippen LogP contribution in [0, 0.1) is 12.3 Å². The lowest BCUT2D eigenvalue weighted by atomic mass is 9.76. The van der Waals surface area contributed by atoms with Crippen molar-refractivity contribution < 1.29 is 4.79 Å². The summed E-state index contributed by atoms with van der Waals surface area (Å²) < 4.78 is 0. The molecule has 0 fully saturated rings. The fraction of sp³-hybridized carbons (Fsp3) is 0.353. The quantitative estimate of drug-likeness (QED) is 0.889. The Kier molecular flexibility index (Phi) is 3.35. The average Bonchev–Trinajstić information content (AvgIpc) is 2.38. The minimum absolute atomic E-state index is 0.0335. The van der Waals surface area contributed by atoms with Crippen LogP contribution in [0.5, 0.6) is 0 Å². The van der Waals surface area contributed by atoms with Gasteiger partial charge < -0.3 is 11.1 Å². The maximum atomic E-state index is 12.3. The van der Waals surface area contributed by atoms with Crippen LogP contribution in [0.4, 0.5) is 17.5 Å². The fourth-order valence-electron chi connectivity index (χ4n) is 2.89. The van der Waals surface area contributed by atoms with E-state index in [1.165, 1.54) is 0 Å². The van der Waals surface area contributed by atoms with Crippen LogP contribution in [-0.4, -0.2) is 15.8 Å². The lowest BCUT2D eigenvalue weighted by molar-refractivity contribution is 0.0911. The topological polar surface area (TPSA) is 80.9 Å². The van der Waals surface area contributed by atoms with Crippen LogP contribution in [0.15, 0.2) is 24.3 Å². The monoisotopic (exact) mass is 296 g/mol. The third kappa shape index (κ3) is 2.66. The van der Waals surface area contributed by atoms with Crippen molar-refractivity contribution in [2.45, 2.75) is 33.6 Å². The Morgan fingerprint density at radius 3 is 2.64 bits per heavy atom. The summed E-state index contributed by atoms with van der Waals surface area (Å²) in [4.78, 5) is 21.1. The Labute approximate surface area is 130 Å². The van der Waals surface area contributed by atoms with Gasteiger partial charge in [0, 0.05) is 12.1 Å². The molecule has 114 valence electrons. The molecule has 0 unspecified atom stereocenters. The molecule has 0 saturated heterocycles. The predicted molar refractivity (Wildman–Crippen MR) is 87.3 cm³/mol. The van der Waals surface area contributed by atoms with E-state index >= 15 is 0 Å². The van der Waals surface area contributed by atoms with E-state index in [0.717, 1.165) is 23.4 Å². The van der Waals surface area contributed by atoms with Gasteiger partial charge in [-0.3, -0.25) is 4.79 Å². The van der Waals surface area contributed by atoms with Crippen molar-refractivity contribution in [3.63, 3.8) is 0 Å². The number of carbonyl (C=O) groups is 1. The number of hydrogen-bond donors (Lipinski definition) is 2. The van der Waals surface area contributed by atoms with Gasteiger partial charge in [0.05, 0.1) is 11.3 Å². The molecule has 1 heterocycles. The zero-order valence-corrected chi connectivity index (χ0v) is 13.1. The number of rotatable bonds is 2. The molecule has 0 spiro atoms. The summed E-state index contributed by atoms with van der Waals surface area (Å²) in [6.07, 6.45) is 1.21. The summed E-state index contributed by atoms with van der Waals surface area (Å²) in [6.45, 7) is 6.15. The average molecular weight is 296 g/mol. The number of nitrogens with two attached hydrogens (primary N) is 1. The number of benzene rings is 1. The molecule has 1 aliphatic carbocycles. The van der Waals surface area contributed by atoms with E-state index in [1.807, 2.05) is 31.2 Å². The van der Waals surface area contributed by atoms with Gasteiger partial charge in [0.2, 0.25) is 5.95 Å². The number of ketones is 1. The fourth-order valence-corrected chi connectivity index (χ4v) is 2.89. The third-order valence-corrected chi connectivity index (χ3v) is 3.97. The maximum Gasteiger partial charge on any atom is 0.229 e. The van der Waals surface area contributed by atoms with E-state index in [1.54, 1.807) is 0 Å². The summed E-state index contributed by atoms with van der Waals surface area (Å²) in [6, 6.07) is 7.90. The Bertz CT molecular complexity index is 752. The highest BCUT2D eigenvalue weighted by molar-refractivity contribution is 6.02. The maximum absolute atomic E-state index is 12.3. The number of fused-ring (bicyclic) bond motifs is 1. The van der Waals surface area contributed by atoms with Crippen LogP contribution >= 0.6 is 0 Å². The molecule has 0 aliphatic heterocycles. The number of anilines is 3. The van der Waals surface area contributed by atoms with Crippen LogP contribution in [0.1, 0.15) is 41.9 Å². The number of aromatic nitrogens is 2. The Morgan fingerprint density at radius 2 is 1.91 bits per heavy atom. The number of aryl methyl sites for hydroxylation is 1. The van der Waals surface area contributed by atoms with Crippen LogP contribution < -0.4 is 11.1 Å². The summed E-state index contributed by atoms with van der Waals surface area (Å²) >= 11 is 0. The van der Waals surface area contributed by atoms with Gasteiger partial charge in [-0.2, -0.15) is 4.98 Å². The number of para-hydroxylation sites is 1. The van der Waals surface area contributed by atoms with Gasteiger partial charge in [0.1, 0.15) is 5.82 Å². The lowest BCUT2D eigenvalue weighted by Crippen LogP contribution is -2.29. The molecule has 0 saturated carbocycles. The number of Topliss-reactive ketones (excluding diaryl/α,β-unsaturated/α-hetero) is 1. The zero-order valence-electron chi connectivity index (χ0n) is 13.1. The van der Waals surface area contributed by atoms with E-state index < -0.39 is 0 Å². The van der Waals surface area contributed by atoms with Crippen molar-refractivity contribution >= 4 is 23.2 Å². The van der Waals surface area contributed by atoms with Gasteiger partial charge in [-0.05, 0) is 30.4 Å². The third-order valence-electron chi connectivity index (χ3n) is 3.97. The van der Waals surface area contributed by atoms with Crippen molar-refractivity contribution in [3.05, 3.63) is 41.1 Å². The van der Waals surface area contributed by atoms with Gasteiger partial charge in [-0.25, -0.2) is 4.98 Å². The highest BCUT2D eigenvalue weighted by atomic mass is 16.1. The van der Waals surface area contributed by atoms with Crippen LogP contribution in [0.25, 0.3) is 0 Å². The Morgan fingerprint density at radius 1 is 1.18 bits per heavy atom. The summed E-state index contributed by atoms with van der Waals surface area (Å²) in [5.74, 6) is 0.740. The van der Waals surface area contributed by atoms with Crippen LogP contribution in [0.3, 0.4) is 0 Å². The Hall–Kier alpha value is -2.43. The molecule has 5 nitrogen and oxygen atoms in total. The van der Waals surface area contributed by atoms with Gasteiger partial charge in [0.25, 0.3) is 0 Å². The van der Waals surface area contributed by atoms with Crippen molar-refractivity contribution in [1.82, 2.24) is 9.97 Å². The SMILES string of the molecule is Cc1ccccc1Nc1nc(N)c2c(n1)CC(C)(C)CC2=O. The van der Waals surface area contributed by atoms with Crippen LogP contribution in [0.2, 0.25) is 0 Å². The van der Waals surface area contributed by atoms with E-state index in [-0.39, 0.29) is 17.0 Å². The second kappa shape index (κ2) is 5.09. The summed E-state index contributed by atoms with van der Waals surface area (Å²) in [7, 11) is 0. The largest absolute Gasteiger partial charge is 0.383 e. The second-order valence-corrected chi connectivity index (χ2v) is 6.64. The van der Waals surface area contributed by atoms with Gasteiger partial charge in [-0.1, -0.05) is 32.0 Å². The molecular weight excluding hydrogens is 276 g/mol. The molecule has 2 aromatic rings. The Balaban J connectivity index is 2.01. The molecular formula is C17H20N4O. The number of nitrogen functional groups attached to an aromatic ring is 1. The molecule has 3 rings (SSSR count). The van der Waals surface area contributed by atoms with Gasteiger partial charge >= 0.3 is 0 Å². The molecule has 0 radical (unpaired) electrons. The first-order valence-corrected chi connectivity index (χ1v) is 7.38. The molecule has 1 aromatic heterocycles. The molecule has 1 aliphatic rings. The number of hydrogen-bond acceptors (Lipinski definition) is 5. The van der Waals surface area contributed by atoms with Gasteiger partial charge in [0.15, 0.2) is 5.78 Å². The highest BCUT2D eigenvalue weighted by Crippen LogP contribution is 2.36. The molecule has 0 bridgehead atoms. The molecule has 5 heteroatoms. The van der Waals surface area contributed by atoms with Crippen molar-refractivity contribution in [2.75, 3.05) is 11.1 Å². The van der Waals surface area contributed by atoms with E-state index in [2.05, 4.69) is 29.1 Å². The highest BCUT2D eigenvalue weighted by Gasteiger charge is 2.34. The zero-order chi connectivity index (χ0) is 15.9. The van der Waals surface area contributed by atoms with E-state index in [0.29, 0.717) is 17.9 Å². The van der Waals surface area contributed by atoms with Crippen molar-refractivity contribution in [3.8, 4) is 0 Å². The number of nitrogens with one attached hydrogen (secondary N) is 1. The summed E-state index contributed by atoms with van der Waals surface area (Å²) in [5, 5.41) is 3.19. The van der Waals surface area contributed by atoms with Gasteiger partial charge in [-0.15, -0.1) is 0 Å². The normalized spacial score (nSPS) is 16.2. The van der Waals surface area contributed by atoms with E-state index in [4.69, 9.17) is 5.73 Å². The first kappa shape index (κ1) is 14.5. The minimum Gasteiger partial charge on any atom is -0.383 e. The van der Waals surface area contributed by atoms with Crippen LogP contribution in [-0.2, 0) is 6.42 Å². The van der Waals surface area contributed by atoms with E-state index in [9.17, 15) is 4.79 Å². The molecule has 1 aromatic carbocycles. The summed E-state index contributed by atoms with van der Waals surface area (Å²) in [5.41, 5.74) is 9.17. The van der Waals surface area contributed by atoms with Crippen molar-refractivity contribution in [1.29, 1.82) is 0 Å². The first-order valence-electron chi connectivity index (χ1n) is 7.38. The molecule has 0 atom stereocenters. The standard InChI is InChI=1S/C17H20N4O/c1-10-6-4-5-7-11(10)19-16-20-12-8-17(2,3)9-13(22)14(12)15(18)21-16/h4-7H,8-9H2,1-3H3,(H3,18,19,20,21). The number of nitrogens with zero attached hydrogens (tertiary/aromatic N) is 2. The molecule has 0 amide bonds. The number of carbonyl (C=O) groups excluding carboxylic acids is 1. The first-order chi connectivity index (χ1) is 10.4. The molecule has 22 heavy (non-hydrogen) atoms. The lowest BCUT2D eigenvalue weighted by Gasteiger charge is -2.29. The van der Waals surface area contributed by atoms with Crippen molar-refractivity contribution in [2.24, 2.45) is 5.41 Å². The second-order valence-electron chi connectivity index (χ2n) is 6.64. The molecule has 3 N–H and O–H groups in total. The predicted octanol–water partition coefficient (Wildman–Crippen LogP) is 3.27. The minimum atomic E-state index is -0.0925.